The Hall–Kier alpha value is -2.00. The lowest BCUT2D eigenvalue weighted by Gasteiger charge is -2.09. The Balaban J connectivity index is 1.98. The minimum atomic E-state index is 0.158. The molecule has 3 N–H and O–H groups in total. The Kier molecular flexibility index (Phi) is 4.64. The first-order valence-electron chi connectivity index (χ1n) is 6.34. The number of nitrogens with two attached hydrogens (primary N) is 1. The van der Waals surface area contributed by atoms with E-state index in [1.54, 1.807) is 0 Å². The number of amidine groups is 1. The molecule has 0 saturated carbocycles. The van der Waals surface area contributed by atoms with Crippen molar-refractivity contribution >= 4 is 17.4 Å². The van der Waals surface area contributed by atoms with Crippen LogP contribution in [-0.2, 0) is 13.0 Å². The predicted molar refractivity (Wildman–Crippen MR) is 82.6 cm³/mol. The molecule has 20 heavy (non-hydrogen) atoms. The summed E-state index contributed by atoms with van der Waals surface area (Å²) in [6, 6.07) is 13.5. The van der Waals surface area contributed by atoms with Crippen molar-refractivity contribution in [2.45, 2.75) is 20.0 Å². The van der Waals surface area contributed by atoms with Crippen molar-refractivity contribution in [2.24, 2.45) is 5.73 Å². The van der Waals surface area contributed by atoms with Gasteiger partial charge in [-0.2, -0.15) is 0 Å². The Morgan fingerprint density at radius 3 is 2.50 bits per heavy atom. The fourth-order valence-corrected chi connectivity index (χ4v) is 2.14. The summed E-state index contributed by atoms with van der Waals surface area (Å²) >= 11 is 6.16. The molecule has 0 bridgehead atoms. The number of ether oxygens (including phenoxy) is 1. The van der Waals surface area contributed by atoms with Gasteiger partial charge in [0, 0.05) is 17.0 Å². The predicted octanol–water partition coefficient (Wildman–Crippen LogP) is 3.71. The summed E-state index contributed by atoms with van der Waals surface area (Å²) in [7, 11) is 0. The van der Waals surface area contributed by atoms with Crippen LogP contribution in [0.2, 0.25) is 5.02 Å². The van der Waals surface area contributed by atoms with E-state index in [-0.39, 0.29) is 5.84 Å². The van der Waals surface area contributed by atoms with Crippen LogP contribution < -0.4 is 10.5 Å². The quantitative estimate of drug-likeness (QED) is 0.651. The van der Waals surface area contributed by atoms with Crippen LogP contribution in [-0.4, -0.2) is 5.84 Å². The number of benzene rings is 2. The van der Waals surface area contributed by atoms with Gasteiger partial charge in [0.15, 0.2) is 0 Å². The molecule has 4 heteroatoms. The Morgan fingerprint density at radius 1 is 1.20 bits per heavy atom. The average Bonchev–Trinajstić information content (AvgIpc) is 2.39. The van der Waals surface area contributed by atoms with E-state index in [1.165, 1.54) is 0 Å². The molecule has 0 aliphatic heterocycles. The van der Waals surface area contributed by atoms with E-state index in [2.05, 4.69) is 0 Å². The molecule has 0 amide bonds. The van der Waals surface area contributed by atoms with E-state index in [4.69, 9.17) is 27.5 Å². The van der Waals surface area contributed by atoms with Crippen LogP contribution in [0.25, 0.3) is 0 Å². The Bertz CT molecular complexity index is 608. The van der Waals surface area contributed by atoms with Crippen LogP contribution in [0.5, 0.6) is 5.75 Å². The van der Waals surface area contributed by atoms with Gasteiger partial charge in [0.25, 0.3) is 0 Å². The van der Waals surface area contributed by atoms with Crippen LogP contribution in [0.15, 0.2) is 42.5 Å². The Morgan fingerprint density at radius 2 is 1.90 bits per heavy atom. The summed E-state index contributed by atoms with van der Waals surface area (Å²) in [4.78, 5) is 0. The topological polar surface area (TPSA) is 59.1 Å². The second kappa shape index (κ2) is 6.44. The molecule has 2 aromatic carbocycles. The zero-order valence-electron chi connectivity index (χ0n) is 11.3. The van der Waals surface area contributed by atoms with Gasteiger partial charge < -0.3 is 10.5 Å². The number of nitrogens with one attached hydrogen (secondary N) is 1. The van der Waals surface area contributed by atoms with E-state index in [0.29, 0.717) is 13.0 Å². The lowest BCUT2D eigenvalue weighted by atomic mass is 10.1. The second-order valence-electron chi connectivity index (χ2n) is 4.73. The van der Waals surface area contributed by atoms with Gasteiger partial charge in [0.1, 0.15) is 12.4 Å². The van der Waals surface area contributed by atoms with Crippen molar-refractivity contribution in [2.75, 3.05) is 0 Å². The lowest BCUT2D eigenvalue weighted by Crippen LogP contribution is -2.12. The van der Waals surface area contributed by atoms with Gasteiger partial charge in [-0.1, -0.05) is 35.9 Å². The van der Waals surface area contributed by atoms with Gasteiger partial charge in [0.2, 0.25) is 0 Å². The zero-order valence-corrected chi connectivity index (χ0v) is 12.1. The van der Waals surface area contributed by atoms with Gasteiger partial charge in [-0.25, -0.2) is 0 Å². The minimum Gasteiger partial charge on any atom is -0.489 e. The van der Waals surface area contributed by atoms with E-state index in [0.717, 1.165) is 27.5 Å². The van der Waals surface area contributed by atoms with Crippen molar-refractivity contribution in [3.05, 3.63) is 64.2 Å². The first kappa shape index (κ1) is 14.4. The second-order valence-corrected chi connectivity index (χ2v) is 5.14. The van der Waals surface area contributed by atoms with Gasteiger partial charge in [-0.3, -0.25) is 5.41 Å². The largest absolute Gasteiger partial charge is 0.489 e. The molecule has 0 aliphatic rings. The highest BCUT2D eigenvalue weighted by molar-refractivity contribution is 6.31. The molecule has 0 fully saturated rings. The van der Waals surface area contributed by atoms with Gasteiger partial charge in [-0.15, -0.1) is 0 Å². The third kappa shape index (κ3) is 4.00. The summed E-state index contributed by atoms with van der Waals surface area (Å²) in [6.07, 6.45) is 0.462. The van der Waals surface area contributed by atoms with E-state index >= 15 is 0 Å². The molecule has 0 spiro atoms. The summed E-state index contributed by atoms with van der Waals surface area (Å²) in [5.74, 6) is 0.930. The monoisotopic (exact) mass is 288 g/mol. The third-order valence-electron chi connectivity index (χ3n) is 2.92. The fourth-order valence-electron chi connectivity index (χ4n) is 1.85. The molecule has 2 rings (SSSR count). The highest BCUT2D eigenvalue weighted by Gasteiger charge is 2.02. The van der Waals surface area contributed by atoms with Crippen molar-refractivity contribution in [3.63, 3.8) is 0 Å². The maximum absolute atomic E-state index is 7.25. The van der Waals surface area contributed by atoms with Crippen LogP contribution in [0.3, 0.4) is 0 Å². The first-order valence-corrected chi connectivity index (χ1v) is 6.72. The van der Waals surface area contributed by atoms with Crippen LogP contribution >= 0.6 is 11.6 Å². The molecule has 0 heterocycles. The fraction of sp³-hybridized carbons (Fsp3) is 0.188. The number of hydrogen-bond donors (Lipinski definition) is 2. The van der Waals surface area contributed by atoms with Crippen molar-refractivity contribution in [1.82, 2.24) is 0 Å². The molecule has 0 atom stereocenters. The van der Waals surface area contributed by atoms with E-state index < -0.39 is 0 Å². The SMILES string of the molecule is Cc1ccc(COc2ccc(CC(=N)N)cc2)c(Cl)c1. The highest BCUT2D eigenvalue weighted by atomic mass is 35.5. The van der Waals surface area contributed by atoms with Crippen LogP contribution in [0, 0.1) is 12.3 Å². The summed E-state index contributed by atoms with van der Waals surface area (Å²) in [6.45, 7) is 2.44. The molecule has 0 radical (unpaired) electrons. The normalized spacial score (nSPS) is 10.3. The van der Waals surface area contributed by atoms with Crippen LogP contribution in [0.1, 0.15) is 16.7 Å². The van der Waals surface area contributed by atoms with Gasteiger partial charge in [0.05, 0.1) is 5.84 Å². The first-order chi connectivity index (χ1) is 9.54. The maximum Gasteiger partial charge on any atom is 0.119 e. The molecule has 0 aromatic heterocycles. The smallest absolute Gasteiger partial charge is 0.119 e. The number of hydrogen-bond acceptors (Lipinski definition) is 2. The molecule has 3 nitrogen and oxygen atoms in total. The zero-order chi connectivity index (χ0) is 14.5. The molecular weight excluding hydrogens is 272 g/mol. The molecular formula is C16H17ClN2O. The summed E-state index contributed by atoms with van der Waals surface area (Å²) < 4.78 is 5.70. The number of aryl methyl sites for hydroxylation is 1. The Labute approximate surface area is 123 Å². The highest BCUT2D eigenvalue weighted by Crippen LogP contribution is 2.20. The van der Waals surface area contributed by atoms with Crippen molar-refractivity contribution < 1.29 is 4.74 Å². The third-order valence-corrected chi connectivity index (χ3v) is 3.27. The summed E-state index contributed by atoms with van der Waals surface area (Å²) in [5, 5.41) is 7.97. The maximum atomic E-state index is 7.25. The van der Waals surface area contributed by atoms with E-state index in [1.807, 2.05) is 49.4 Å². The van der Waals surface area contributed by atoms with Crippen LogP contribution in [0.4, 0.5) is 0 Å². The lowest BCUT2D eigenvalue weighted by molar-refractivity contribution is 0.306. The van der Waals surface area contributed by atoms with Crippen molar-refractivity contribution in [1.29, 1.82) is 5.41 Å². The number of rotatable bonds is 5. The molecule has 0 saturated heterocycles. The molecule has 0 aliphatic carbocycles. The van der Waals surface area contributed by atoms with Crippen molar-refractivity contribution in [3.8, 4) is 5.75 Å². The molecule has 104 valence electrons. The van der Waals surface area contributed by atoms with Gasteiger partial charge in [-0.05, 0) is 36.2 Å². The molecule has 0 unspecified atom stereocenters. The average molecular weight is 289 g/mol. The van der Waals surface area contributed by atoms with Gasteiger partial charge >= 0.3 is 0 Å². The minimum absolute atomic E-state index is 0.158. The summed E-state index contributed by atoms with van der Waals surface area (Å²) in [5.41, 5.74) is 8.46. The van der Waals surface area contributed by atoms with E-state index in [9.17, 15) is 0 Å². The molecule has 2 aromatic rings. The number of halogens is 1. The standard InChI is InChI=1S/C16H17ClN2O/c1-11-2-5-13(15(17)8-11)10-20-14-6-3-12(4-7-14)9-16(18)19/h2-8H,9-10H2,1H3,(H3,18,19).